The third kappa shape index (κ3) is 2.69. The van der Waals surface area contributed by atoms with Gasteiger partial charge < -0.3 is 5.32 Å². The molecule has 3 rings (SSSR count). The van der Waals surface area contributed by atoms with Gasteiger partial charge in [-0.3, -0.25) is 9.58 Å². The summed E-state index contributed by atoms with van der Waals surface area (Å²) in [7, 11) is 0. The first-order chi connectivity index (χ1) is 8.42. The van der Waals surface area contributed by atoms with E-state index < -0.39 is 0 Å². The van der Waals surface area contributed by atoms with Crippen LogP contribution in [0.3, 0.4) is 0 Å². The van der Waals surface area contributed by atoms with E-state index in [0.29, 0.717) is 6.04 Å². The van der Waals surface area contributed by atoms with Crippen LogP contribution in [0.2, 0.25) is 0 Å². The lowest BCUT2D eigenvalue weighted by Gasteiger charge is -2.26. The number of aromatic nitrogens is 2. The SMILES string of the molecule is c1nn(C2CCCC2)cc1CN1CCNCC1. The molecule has 0 bridgehead atoms. The van der Waals surface area contributed by atoms with Crippen LogP contribution in [-0.4, -0.2) is 40.9 Å². The van der Waals surface area contributed by atoms with Crippen molar-refractivity contribution in [1.82, 2.24) is 20.0 Å². The summed E-state index contributed by atoms with van der Waals surface area (Å²) in [5.74, 6) is 0. The van der Waals surface area contributed by atoms with Crippen LogP contribution in [-0.2, 0) is 6.54 Å². The van der Waals surface area contributed by atoms with Crippen molar-refractivity contribution in [3.8, 4) is 0 Å². The minimum absolute atomic E-state index is 0.673. The lowest BCUT2D eigenvalue weighted by Crippen LogP contribution is -2.42. The van der Waals surface area contributed by atoms with Gasteiger partial charge in [0.1, 0.15) is 0 Å². The maximum atomic E-state index is 4.54. The fraction of sp³-hybridized carbons (Fsp3) is 0.769. The van der Waals surface area contributed by atoms with Crippen LogP contribution >= 0.6 is 0 Å². The summed E-state index contributed by atoms with van der Waals surface area (Å²) in [6, 6.07) is 0.673. The quantitative estimate of drug-likeness (QED) is 0.858. The van der Waals surface area contributed by atoms with Gasteiger partial charge in [-0.05, 0) is 12.8 Å². The Balaban J connectivity index is 1.59. The van der Waals surface area contributed by atoms with Gasteiger partial charge in [-0.1, -0.05) is 12.8 Å². The average molecular weight is 234 g/mol. The molecule has 0 amide bonds. The second kappa shape index (κ2) is 5.19. The van der Waals surface area contributed by atoms with Crippen molar-refractivity contribution in [3.63, 3.8) is 0 Å². The van der Waals surface area contributed by atoms with Crippen molar-refractivity contribution in [2.45, 2.75) is 38.3 Å². The molecule has 1 aliphatic heterocycles. The molecule has 1 aromatic heterocycles. The third-order valence-corrected chi connectivity index (χ3v) is 3.97. The van der Waals surface area contributed by atoms with Gasteiger partial charge in [0.25, 0.3) is 0 Å². The summed E-state index contributed by atoms with van der Waals surface area (Å²) < 4.78 is 2.20. The normalized spacial score (nSPS) is 23.3. The molecule has 0 radical (unpaired) electrons. The minimum atomic E-state index is 0.673. The van der Waals surface area contributed by atoms with Crippen molar-refractivity contribution in [1.29, 1.82) is 0 Å². The standard InChI is InChI=1S/C13H22N4/c1-2-4-13(3-1)17-11-12(9-15-17)10-16-7-5-14-6-8-16/h9,11,13-14H,1-8,10H2. The van der Waals surface area contributed by atoms with Crippen LogP contribution in [0.25, 0.3) is 0 Å². The second-order valence-electron chi connectivity index (χ2n) is 5.29. The Morgan fingerprint density at radius 2 is 2.00 bits per heavy atom. The zero-order valence-corrected chi connectivity index (χ0v) is 10.4. The van der Waals surface area contributed by atoms with E-state index in [4.69, 9.17) is 0 Å². The molecule has 0 aromatic carbocycles. The zero-order valence-electron chi connectivity index (χ0n) is 10.4. The first kappa shape index (κ1) is 11.2. The Hall–Kier alpha value is -0.870. The molecule has 1 aliphatic carbocycles. The summed E-state index contributed by atoms with van der Waals surface area (Å²) in [5, 5.41) is 7.93. The van der Waals surface area contributed by atoms with E-state index in [0.717, 1.165) is 32.7 Å². The highest BCUT2D eigenvalue weighted by Crippen LogP contribution is 2.28. The van der Waals surface area contributed by atoms with Crippen molar-refractivity contribution in [2.75, 3.05) is 26.2 Å². The first-order valence-corrected chi connectivity index (χ1v) is 6.88. The summed E-state index contributed by atoms with van der Waals surface area (Å²) >= 11 is 0. The zero-order chi connectivity index (χ0) is 11.5. The van der Waals surface area contributed by atoms with E-state index in [2.05, 4.69) is 32.4 Å². The maximum Gasteiger partial charge on any atom is 0.0534 e. The van der Waals surface area contributed by atoms with Crippen LogP contribution < -0.4 is 5.32 Å². The Morgan fingerprint density at radius 1 is 1.24 bits per heavy atom. The second-order valence-corrected chi connectivity index (χ2v) is 5.29. The highest BCUT2D eigenvalue weighted by atomic mass is 15.3. The number of nitrogens with one attached hydrogen (secondary N) is 1. The van der Waals surface area contributed by atoms with Crippen molar-refractivity contribution >= 4 is 0 Å². The average Bonchev–Trinajstić information content (AvgIpc) is 3.00. The minimum Gasteiger partial charge on any atom is -0.314 e. The molecular formula is C13H22N4. The van der Waals surface area contributed by atoms with E-state index in [1.807, 2.05) is 0 Å². The van der Waals surface area contributed by atoms with Gasteiger partial charge in [-0.25, -0.2) is 0 Å². The third-order valence-electron chi connectivity index (χ3n) is 3.97. The number of nitrogens with zero attached hydrogens (tertiary/aromatic N) is 3. The molecule has 0 spiro atoms. The molecule has 2 heterocycles. The number of hydrogen-bond donors (Lipinski definition) is 1. The van der Waals surface area contributed by atoms with Crippen LogP contribution in [0.5, 0.6) is 0 Å². The Morgan fingerprint density at radius 3 is 2.76 bits per heavy atom. The van der Waals surface area contributed by atoms with Crippen molar-refractivity contribution in [3.05, 3.63) is 18.0 Å². The smallest absolute Gasteiger partial charge is 0.0534 e. The monoisotopic (exact) mass is 234 g/mol. The molecule has 1 saturated carbocycles. The topological polar surface area (TPSA) is 33.1 Å². The summed E-state index contributed by atoms with van der Waals surface area (Å²) in [5.41, 5.74) is 1.37. The summed E-state index contributed by atoms with van der Waals surface area (Å²) in [4.78, 5) is 2.51. The summed E-state index contributed by atoms with van der Waals surface area (Å²) in [6.45, 7) is 5.63. The molecule has 0 atom stereocenters. The first-order valence-electron chi connectivity index (χ1n) is 6.88. The van der Waals surface area contributed by atoms with E-state index in [-0.39, 0.29) is 0 Å². The number of hydrogen-bond acceptors (Lipinski definition) is 3. The molecular weight excluding hydrogens is 212 g/mol. The van der Waals surface area contributed by atoms with Crippen molar-refractivity contribution in [2.24, 2.45) is 0 Å². The van der Waals surface area contributed by atoms with E-state index in [9.17, 15) is 0 Å². The van der Waals surface area contributed by atoms with Gasteiger partial charge in [0.05, 0.1) is 12.2 Å². The Bertz CT molecular complexity index is 348. The molecule has 17 heavy (non-hydrogen) atoms. The van der Waals surface area contributed by atoms with Crippen LogP contribution in [0.1, 0.15) is 37.3 Å². The van der Waals surface area contributed by atoms with E-state index in [1.165, 1.54) is 31.2 Å². The van der Waals surface area contributed by atoms with E-state index in [1.54, 1.807) is 0 Å². The van der Waals surface area contributed by atoms with Gasteiger partial charge in [-0.2, -0.15) is 5.10 Å². The number of rotatable bonds is 3. The molecule has 94 valence electrons. The van der Waals surface area contributed by atoms with E-state index >= 15 is 0 Å². The van der Waals surface area contributed by atoms with Crippen LogP contribution in [0.15, 0.2) is 12.4 Å². The Kier molecular flexibility index (Phi) is 3.43. The van der Waals surface area contributed by atoms with Gasteiger partial charge in [0, 0.05) is 44.5 Å². The lowest BCUT2D eigenvalue weighted by atomic mass is 10.2. The molecule has 2 aliphatic rings. The van der Waals surface area contributed by atoms with Gasteiger partial charge in [-0.15, -0.1) is 0 Å². The molecule has 4 nitrogen and oxygen atoms in total. The predicted molar refractivity (Wildman–Crippen MR) is 67.9 cm³/mol. The summed E-state index contributed by atoms with van der Waals surface area (Å²) in [6.07, 6.45) is 9.69. The highest BCUT2D eigenvalue weighted by molar-refractivity contribution is 5.05. The maximum absolute atomic E-state index is 4.54. The Labute approximate surface area is 103 Å². The van der Waals surface area contributed by atoms with Gasteiger partial charge in [0.15, 0.2) is 0 Å². The predicted octanol–water partition coefficient (Wildman–Crippen LogP) is 1.40. The molecule has 4 heteroatoms. The van der Waals surface area contributed by atoms with Crippen LogP contribution in [0, 0.1) is 0 Å². The molecule has 1 saturated heterocycles. The molecule has 0 unspecified atom stereocenters. The molecule has 1 N–H and O–H groups in total. The van der Waals surface area contributed by atoms with Crippen molar-refractivity contribution < 1.29 is 0 Å². The fourth-order valence-electron chi connectivity index (χ4n) is 2.95. The van der Waals surface area contributed by atoms with Gasteiger partial charge >= 0.3 is 0 Å². The molecule has 2 fully saturated rings. The van der Waals surface area contributed by atoms with Crippen LogP contribution in [0.4, 0.5) is 0 Å². The molecule has 1 aromatic rings. The highest BCUT2D eigenvalue weighted by Gasteiger charge is 2.18. The largest absolute Gasteiger partial charge is 0.314 e. The lowest BCUT2D eigenvalue weighted by molar-refractivity contribution is 0.233. The fourth-order valence-corrected chi connectivity index (χ4v) is 2.95. The number of piperazine rings is 1. The van der Waals surface area contributed by atoms with Gasteiger partial charge in [0.2, 0.25) is 0 Å².